The maximum Gasteiger partial charge on any atom is 0.310 e. The molecule has 2 aliphatic rings. The van der Waals surface area contributed by atoms with Crippen LogP contribution < -0.4 is 0 Å². The lowest BCUT2D eigenvalue weighted by Crippen LogP contribution is -2.64. The molecular weight excluding hydrogens is 632 g/mol. The molecule has 1 aromatic carbocycles. The highest BCUT2D eigenvalue weighted by molar-refractivity contribution is 7.89. The van der Waals surface area contributed by atoms with Crippen LogP contribution in [0.15, 0.2) is 49.2 Å². The predicted octanol–water partition coefficient (Wildman–Crippen LogP) is 4.38. The SMILES string of the molecule is CCc1cccc2c3c([nH]c12)C(CC)(CC(=O)OCn1ccc2c(-c4cnn(C5(CC#N)CN(S(=O)(=O)CC)C5)c4)ncnc21)OCC3. The van der Waals surface area contributed by atoms with Crippen LogP contribution >= 0.6 is 0 Å². The van der Waals surface area contributed by atoms with Crippen molar-refractivity contribution >= 4 is 37.9 Å². The number of hydrogen-bond acceptors (Lipinski definition) is 9. The van der Waals surface area contributed by atoms with Crippen LogP contribution in [0.1, 0.15) is 56.9 Å². The normalized spacial score (nSPS) is 19.2. The predicted molar refractivity (Wildman–Crippen MR) is 178 cm³/mol. The quantitative estimate of drug-likeness (QED) is 0.201. The number of carbonyl (C=O) groups excluding carboxylic acids is 1. The number of nitriles is 1. The Balaban J connectivity index is 1.09. The van der Waals surface area contributed by atoms with Crippen molar-refractivity contribution in [2.75, 3.05) is 25.4 Å². The zero-order valence-electron chi connectivity index (χ0n) is 27.3. The molecule has 1 saturated heterocycles. The van der Waals surface area contributed by atoms with E-state index in [0.29, 0.717) is 29.9 Å². The zero-order chi connectivity index (χ0) is 33.7. The van der Waals surface area contributed by atoms with Gasteiger partial charge in [0.2, 0.25) is 10.0 Å². The van der Waals surface area contributed by atoms with Gasteiger partial charge in [0.05, 0.1) is 48.9 Å². The third-order valence-corrected chi connectivity index (χ3v) is 11.7. The summed E-state index contributed by atoms with van der Waals surface area (Å²) in [5.74, 6) is -0.373. The van der Waals surface area contributed by atoms with Crippen molar-refractivity contribution in [3.8, 4) is 17.3 Å². The first-order chi connectivity index (χ1) is 23.2. The van der Waals surface area contributed by atoms with Gasteiger partial charge in [0, 0.05) is 47.3 Å². The van der Waals surface area contributed by atoms with E-state index in [-0.39, 0.29) is 44.4 Å². The molecule has 0 radical (unpaired) electrons. The van der Waals surface area contributed by atoms with Crippen LogP contribution in [0.25, 0.3) is 33.2 Å². The number of aromatic amines is 1. The van der Waals surface area contributed by atoms with Gasteiger partial charge in [-0.2, -0.15) is 14.7 Å². The lowest BCUT2D eigenvalue weighted by atomic mass is 9.86. The van der Waals surface area contributed by atoms with Gasteiger partial charge in [-0.25, -0.2) is 18.4 Å². The third kappa shape index (κ3) is 5.17. The van der Waals surface area contributed by atoms with Gasteiger partial charge in [-0.3, -0.25) is 14.0 Å². The molecule has 13 nitrogen and oxygen atoms in total. The molecule has 6 heterocycles. The van der Waals surface area contributed by atoms with Crippen LogP contribution in [0.5, 0.6) is 0 Å². The molecule has 1 fully saturated rings. The fourth-order valence-corrected chi connectivity index (χ4v) is 8.42. The summed E-state index contributed by atoms with van der Waals surface area (Å²) in [6.45, 7) is 6.64. The summed E-state index contributed by atoms with van der Waals surface area (Å²) in [5, 5.41) is 16.0. The monoisotopic (exact) mass is 670 g/mol. The van der Waals surface area contributed by atoms with Gasteiger partial charge in [0.25, 0.3) is 0 Å². The number of H-pyrrole nitrogens is 1. The molecule has 0 saturated carbocycles. The Morgan fingerprint density at radius 1 is 1.17 bits per heavy atom. The molecule has 0 amide bonds. The summed E-state index contributed by atoms with van der Waals surface area (Å²) in [4.78, 5) is 26.0. The number of hydrogen-bond donors (Lipinski definition) is 1. The number of aromatic nitrogens is 6. The summed E-state index contributed by atoms with van der Waals surface area (Å²) in [5.41, 5.74) is 4.89. The van der Waals surface area contributed by atoms with Crippen LogP contribution in [0.2, 0.25) is 0 Å². The summed E-state index contributed by atoms with van der Waals surface area (Å²) >= 11 is 0. The highest BCUT2D eigenvalue weighted by atomic mass is 32.2. The molecule has 0 spiro atoms. The highest BCUT2D eigenvalue weighted by Gasteiger charge is 2.50. The number of rotatable bonds is 11. The maximum absolute atomic E-state index is 13.4. The van der Waals surface area contributed by atoms with Crippen LogP contribution in [-0.2, 0) is 55.0 Å². The number of fused-ring (bicyclic) bond motifs is 4. The Bertz CT molecular complexity index is 2170. The first-order valence-electron chi connectivity index (χ1n) is 16.3. The highest BCUT2D eigenvalue weighted by Crippen LogP contribution is 2.42. The Kier molecular flexibility index (Phi) is 8.09. The number of para-hydroxylation sites is 1. The molecule has 5 aromatic rings. The van der Waals surface area contributed by atoms with E-state index < -0.39 is 21.2 Å². The van der Waals surface area contributed by atoms with Gasteiger partial charge in [-0.15, -0.1) is 0 Å². The van der Waals surface area contributed by atoms with Crippen molar-refractivity contribution < 1.29 is 22.7 Å². The second-order valence-corrected chi connectivity index (χ2v) is 14.8. The molecule has 2 aliphatic heterocycles. The summed E-state index contributed by atoms with van der Waals surface area (Å²) in [6, 6.07) is 10.4. The maximum atomic E-state index is 13.4. The van der Waals surface area contributed by atoms with Crippen molar-refractivity contribution in [2.24, 2.45) is 0 Å². The van der Waals surface area contributed by atoms with Crippen LogP contribution in [-0.4, -0.2) is 73.4 Å². The van der Waals surface area contributed by atoms with Gasteiger partial charge in [-0.1, -0.05) is 32.0 Å². The first-order valence-corrected chi connectivity index (χ1v) is 17.9. The van der Waals surface area contributed by atoms with E-state index in [9.17, 15) is 18.5 Å². The smallest absolute Gasteiger partial charge is 0.310 e. The fourth-order valence-electron chi connectivity index (χ4n) is 7.18. The van der Waals surface area contributed by atoms with Gasteiger partial charge in [-0.05, 0) is 43.4 Å². The standard InChI is InChI=1S/C34H38N8O5S/c1-4-23-8-7-9-25-26-11-15-47-34(5-2,31(26)39-30(23)25)16-28(43)46-22-40-14-10-27-29(36-21-37-32(27)40)24-17-38-42(18-24)33(12-13-35)19-41(20-33)48(44,45)6-3/h7-10,14,17-18,21,39H,4-6,11-12,15-16,19-20,22H2,1-3H3. The number of nitrogens with one attached hydrogen (secondary N) is 1. The zero-order valence-corrected chi connectivity index (χ0v) is 28.1. The van der Waals surface area contributed by atoms with E-state index in [4.69, 9.17) is 9.47 Å². The lowest BCUT2D eigenvalue weighted by Gasteiger charge is -2.47. The average molecular weight is 671 g/mol. The third-order valence-electron chi connectivity index (χ3n) is 9.97. The van der Waals surface area contributed by atoms with Gasteiger partial charge >= 0.3 is 5.97 Å². The van der Waals surface area contributed by atoms with Crippen molar-refractivity contribution in [1.82, 2.24) is 33.6 Å². The topological polar surface area (TPSA) is 161 Å². The van der Waals surface area contributed by atoms with Crippen LogP contribution in [0, 0.1) is 11.3 Å². The van der Waals surface area contributed by atoms with E-state index in [0.717, 1.165) is 29.4 Å². The van der Waals surface area contributed by atoms with Crippen molar-refractivity contribution in [2.45, 2.75) is 70.7 Å². The van der Waals surface area contributed by atoms with Crippen molar-refractivity contribution in [3.05, 3.63) is 66.0 Å². The summed E-state index contributed by atoms with van der Waals surface area (Å²) in [6.07, 6.45) is 9.20. The van der Waals surface area contributed by atoms with Crippen LogP contribution in [0.4, 0.5) is 0 Å². The first kappa shape index (κ1) is 32.0. The Morgan fingerprint density at radius 2 is 2.00 bits per heavy atom. The minimum Gasteiger partial charge on any atom is -0.444 e. The molecule has 14 heteroatoms. The van der Waals surface area contributed by atoms with Crippen molar-refractivity contribution in [1.29, 1.82) is 5.26 Å². The van der Waals surface area contributed by atoms with E-state index in [2.05, 4.69) is 51.2 Å². The molecule has 48 heavy (non-hydrogen) atoms. The summed E-state index contributed by atoms with van der Waals surface area (Å²) in [7, 11) is -3.36. The van der Waals surface area contributed by atoms with Gasteiger partial charge in [0.15, 0.2) is 6.73 Å². The second kappa shape index (κ2) is 12.1. The number of sulfonamides is 1. The minimum atomic E-state index is -3.36. The number of ether oxygens (including phenoxy) is 2. The molecule has 1 atom stereocenters. The largest absolute Gasteiger partial charge is 0.444 e. The van der Waals surface area contributed by atoms with Gasteiger partial charge in [0.1, 0.15) is 23.1 Å². The van der Waals surface area contributed by atoms with Gasteiger partial charge < -0.3 is 14.5 Å². The Hall–Kier alpha value is -4.58. The molecular formula is C34H38N8O5S. The molecule has 0 aliphatic carbocycles. The molecule has 1 unspecified atom stereocenters. The molecule has 7 rings (SSSR count). The number of benzene rings is 1. The van der Waals surface area contributed by atoms with Crippen LogP contribution in [0.3, 0.4) is 0 Å². The number of aryl methyl sites for hydroxylation is 1. The summed E-state index contributed by atoms with van der Waals surface area (Å²) < 4.78 is 41.7. The van der Waals surface area contributed by atoms with E-state index in [1.54, 1.807) is 34.8 Å². The van der Waals surface area contributed by atoms with E-state index in [1.165, 1.54) is 27.1 Å². The Labute approximate surface area is 278 Å². The van der Waals surface area contributed by atoms with E-state index in [1.807, 2.05) is 13.0 Å². The average Bonchev–Trinajstić information content (AvgIpc) is 3.83. The van der Waals surface area contributed by atoms with Crippen molar-refractivity contribution in [3.63, 3.8) is 0 Å². The molecule has 1 N–H and O–H groups in total. The fraction of sp³-hybridized carbons (Fsp3) is 0.441. The molecule has 250 valence electrons. The molecule has 0 bridgehead atoms. The Morgan fingerprint density at radius 3 is 2.75 bits per heavy atom. The second-order valence-electron chi connectivity index (χ2n) is 12.6. The molecule has 4 aromatic heterocycles. The number of esters is 1. The minimum absolute atomic E-state index is 0.00326. The number of nitrogens with zero attached hydrogens (tertiary/aromatic N) is 7. The van der Waals surface area contributed by atoms with E-state index >= 15 is 0 Å². The lowest BCUT2D eigenvalue weighted by molar-refractivity contribution is -0.158. The number of carbonyl (C=O) groups is 1.